The van der Waals surface area contributed by atoms with Crippen molar-refractivity contribution >= 4 is 17.4 Å². The maximum Gasteiger partial charge on any atom is 0.0974 e. The predicted molar refractivity (Wildman–Crippen MR) is 58.9 cm³/mol. The highest BCUT2D eigenvalue weighted by Gasteiger charge is 2.17. The molecule has 0 aliphatic carbocycles. The average molecular weight is 202 g/mol. The quantitative estimate of drug-likeness (QED) is 0.709. The summed E-state index contributed by atoms with van der Waals surface area (Å²) >= 11 is 1.64. The van der Waals surface area contributed by atoms with E-state index in [1.807, 2.05) is 25.1 Å². The molecule has 2 rings (SSSR count). The molecule has 3 heteroatoms. The van der Waals surface area contributed by atoms with Crippen molar-refractivity contribution in [3.05, 3.63) is 34.9 Å². The Labute approximate surface area is 87.6 Å². The van der Waals surface area contributed by atoms with Crippen LogP contribution in [0.5, 0.6) is 0 Å². The van der Waals surface area contributed by atoms with Crippen molar-refractivity contribution in [3.63, 3.8) is 0 Å². The summed E-state index contributed by atoms with van der Waals surface area (Å²) in [5, 5.41) is 13.1. The first-order valence-corrected chi connectivity index (χ1v) is 5.34. The van der Waals surface area contributed by atoms with E-state index in [4.69, 9.17) is 5.26 Å². The van der Waals surface area contributed by atoms with Crippen molar-refractivity contribution in [2.24, 2.45) is 0 Å². The van der Waals surface area contributed by atoms with Gasteiger partial charge in [-0.15, -0.1) is 0 Å². The van der Waals surface area contributed by atoms with E-state index in [1.54, 1.807) is 11.8 Å². The monoisotopic (exact) mass is 202 g/mol. The number of allylic oxidation sites excluding steroid dienone is 1. The van der Waals surface area contributed by atoms with Gasteiger partial charge in [-0.3, -0.25) is 0 Å². The maximum atomic E-state index is 8.90. The van der Waals surface area contributed by atoms with Gasteiger partial charge in [0.2, 0.25) is 0 Å². The van der Waals surface area contributed by atoms with Crippen LogP contribution in [0.3, 0.4) is 0 Å². The van der Waals surface area contributed by atoms with Gasteiger partial charge >= 0.3 is 0 Å². The second kappa shape index (κ2) is 3.77. The fraction of sp³-hybridized carbons (Fsp3) is 0.182. The van der Waals surface area contributed by atoms with Crippen LogP contribution in [0.1, 0.15) is 13.3 Å². The number of nitrogens with zero attached hydrogens (tertiary/aromatic N) is 1. The Morgan fingerprint density at radius 2 is 2.29 bits per heavy atom. The Morgan fingerprint density at radius 3 is 2.93 bits per heavy atom. The molecule has 1 heterocycles. The highest BCUT2D eigenvalue weighted by molar-refractivity contribution is 8.03. The molecule has 14 heavy (non-hydrogen) atoms. The van der Waals surface area contributed by atoms with Crippen LogP contribution in [0.25, 0.3) is 0 Å². The van der Waals surface area contributed by atoms with E-state index in [1.165, 1.54) is 4.90 Å². The smallest absolute Gasteiger partial charge is 0.0974 e. The molecule has 0 saturated carbocycles. The second-order valence-electron chi connectivity index (χ2n) is 3.00. The van der Waals surface area contributed by atoms with Gasteiger partial charge < -0.3 is 5.32 Å². The number of anilines is 1. The van der Waals surface area contributed by atoms with Gasteiger partial charge in [-0.1, -0.05) is 30.8 Å². The molecule has 0 bridgehead atoms. The first-order chi connectivity index (χ1) is 6.85. The SMILES string of the molecule is CC/C(C#N)=C1/Nc2ccccc2S1. The molecule has 1 aromatic carbocycles. The van der Waals surface area contributed by atoms with Crippen LogP contribution in [0.2, 0.25) is 0 Å². The van der Waals surface area contributed by atoms with E-state index < -0.39 is 0 Å². The van der Waals surface area contributed by atoms with Gasteiger partial charge in [-0.25, -0.2) is 0 Å². The van der Waals surface area contributed by atoms with E-state index in [2.05, 4.69) is 17.5 Å². The topological polar surface area (TPSA) is 35.8 Å². The van der Waals surface area contributed by atoms with E-state index in [0.29, 0.717) is 0 Å². The first kappa shape index (κ1) is 9.17. The van der Waals surface area contributed by atoms with Gasteiger partial charge in [0.1, 0.15) is 0 Å². The summed E-state index contributed by atoms with van der Waals surface area (Å²) in [5.74, 6) is 0. The second-order valence-corrected chi connectivity index (χ2v) is 4.05. The fourth-order valence-electron chi connectivity index (χ4n) is 1.34. The highest BCUT2D eigenvalue weighted by Crippen LogP contribution is 2.42. The molecule has 0 spiro atoms. The zero-order valence-electron chi connectivity index (χ0n) is 7.87. The number of hydrogen-bond donors (Lipinski definition) is 1. The van der Waals surface area contributed by atoms with Gasteiger partial charge in [0.15, 0.2) is 0 Å². The Kier molecular flexibility index (Phi) is 2.47. The lowest BCUT2D eigenvalue weighted by atomic mass is 10.2. The zero-order valence-corrected chi connectivity index (χ0v) is 8.69. The van der Waals surface area contributed by atoms with E-state index >= 15 is 0 Å². The van der Waals surface area contributed by atoms with Crippen LogP contribution < -0.4 is 5.32 Å². The lowest BCUT2D eigenvalue weighted by molar-refractivity contribution is 1.14. The molecule has 0 amide bonds. The molecule has 0 unspecified atom stereocenters. The molecular weight excluding hydrogens is 192 g/mol. The molecule has 1 aliphatic rings. The van der Waals surface area contributed by atoms with Crippen LogP contribution in [-0.2, 0) is 0 Å². The van der Waals surface area contributed by atoms with Gasteiger partial charge in [-0.05, 0) is 18.6 Å². The lowest BCUT2D eigenvalue weighted by Gasteiger charge is -1.99. The third kappa shape index (κ3) is 1.49. The Morgan fingerprint density at radius 1 is 1.50 bits per heavy atom. The minimum Gasteiger partial charge on any atom is -0.348 e. The van der Waals surface area contributed by atoms with Crippen LogP contribution >= 0.6 is 11.8 Å². The normalized spacial score (nSPS) is 16.9. The van der Waals surface area contributed by atoms with Crippen molar-refractivity contribution in [2.75, 3.05) is 5.32 Å². The molecular formula is C11H10N2S. The lowest BCUT2D eigenvalue weighted by Crippen LogP contribution is -1.92. The summed E-state index contributed by atoms with van der Waals surface area (Å²) in [5.41, 5.74) is 1.93. The highest BCUT2D eigenvalue weighted by atomic mass is 32.2. The van der Waals surface area contributed by atoms with E-state index in [-0.39, 0.29) is 0 Å². The molecule has 0 saturated heterocycles. The maximum absolute atomic E-state index is 8.90. The number of fused-ring (bicyclic) bond motifs is 1. The van der Waals surface area contributed by atoms with Crippen molar-refractivity contribution in [1.29, 1.82) is 5.26 Å². The number of nitriles is 1. The van der Waals surface area contributed by atoms with Gasteiger partial charge in [0.05, 0.1) is 22.4 Å². The molecule has 0 aromatic heterocycles. The van der Waals surface area contributed by atoms with Crippen LogP contribution in [0.15, 0.2) is 39.8 Å². The van der Waals surface area contributed by atoms with Crippen LogP contribution in [0.4, 0.5) is 5.69 Å². The average Bonchev–Trinajstić information content (AvgIpc) is 2.63. The standard InChI is InChI=1S/C11H10N2S/c1-2-8(7-12)11-13-9-5-3-4-6-10(9)14-11/h3-6,13H,2H2,1H3/b11-8+. The number of rotatable bonds is 1. The molecule has 0 fully saturated rings. The third-order valence-electron chi connectivity index (χ3n) is 2.11. The summed E-state index contributed by atoms with van der Waals surface area (Å²) in [7, 11) is 0. The Bertz CT molecular complexity index is 402. The number of nitrogens with one attached hydrogen (secondary N) is 1. The third-order valence-corrected chi connectivity index (χ3v) is 3.24. The molecule has 1 aliphatic heterocycles. The van der Waals surface area contributed by atoms with Gasteiger partial charge in [0, 0.05) is 4.90 Å². The minimum absolute atomic E-state index is 0.778. The van der Waals surface area contributed by atoms with Crippen LogP contribution in [0, 0.1) is 11.3 Å². The molecule has 0 atom stereocenters. The molecule has 2 nitrogen and oxygen atoms in total. The molecule has 1 aromatic rings. The van der Waals surface area contributed by atoms with Crippen molar-refractivity contribution < 1.29 is 0 Å². The Balaban J connectivity index is 2.36. The molecule has 70 valence electrons. The number of benzene rings is 1. The van der Waals surface area contributed by atoms with Crippen molar-refractivity contribution in [1.82, 2.24) is 0 Å². The minimum atomic E-state index is 0.778. The van der Waals surface area contributed by atoms with Crippen molar-refractivity contribution in [2.45, 2.75) is 18.2 Å². The molecule has 0 radical (unpaired) electrons. The largest absolute Gasteiger partial charge is 0.348 e. The Hall–Kier alpha value is -1.40. The summed E-state index contributed by atoms with van der Waals surface area (Å²) in [6, 6.07) is 10.3. The van der Waals surface area contributed by atoms with Gasteiger partial charge in [-0.2, -0.15) is 5.26 Å². The first-order valence-electron chi connectivity index (χ1n) is 4.52. The summed E-state index contributed by atoms with van der Waals surface area (Å²) in [6.07, 6.45) is 0.778. The number of thioether (sulfide) groups is 1. The summed E-state index contributed by atoms with van der Waals surface area (Å²) in [4.78, 5) is 1.20. The molecule has 1 N–H and O–H groups in total. The number of hydrogen-bond acceptors (Lipinski definition) is 3. The van der Waals surface area contributed by atoms with Crippen LogP contribution in [-0.4, -0.2) is 0 Å². The zero-order chi connectivity index (χ0) is 9.97. The van der Waals surface area contributed by atoms with E-state index in [9.17, 15) is 0 Å². The van der Waals surface area contributed by atoms with Crippen molar-refractivity contribution in [3.8, 4) is 6.07 Å². The summed E-state index contributed by atoms with van der Waals surface area (Å²) in [6.45, 7) is 2.00. The van der Waals surface area contributed by atoms with E-state index in [0.717, 1.165) is 22.7 Å². The number of para-hydroxylation sites is 1. The van der Waals surface area contributed by atoms with Gasteiger partial charge in [0.25, 0.3) is 0 Å². The summed E-state index contributed by atoms with van der Waals surface area (Å²) < 4.78 is 0. The predicted octanol–water partition coefficient (Wildman–Crippen LogP) is 3.35. The fourth-order valence-corrected chi connectivity index (χ4v) is 2.41.